The van der Waals surface area contributed by atoms with Crippen molar-refractivity contribution in [1.82, 2.24) is 4.98 Å². The minimum absolute atomic E-state index is 0.691. The van der Waals surface area contributed by atoms with Crippen LogP contribution in [0.3, 0.4) is 0 Å². The molecular formula is C16H13ClN2. The first-order valence-corrected chi connectivity index (χ1v) is 6.52. The number of hydrogen-bond acceptors (Lipinski definition) is 2. The highest BCUT2D eigenvalue weighted by atomic mass is 35.5. The average Bonchev–Trinajstić information content (AvgIpc) is 2.46. The molecule has 3 rings (SSSR count). The van der Waals surface area contributed by atoms with Crippen LogP contribution in [-0.4, -0.2) is 4.98 Å². The van der Waals surface area contributed by atoms with Gasteiger partial charge in [-0.3, -0.25) is 4.98 Å². The summed E-state index contributed by atoms with van der Waals surface area (Å²) in [5.41, 5.74) is 2.08. The number of nitrogens with one attached hydrogen (secondary N) is 1. The molecule has 0 spiro atoms. The normalized spacial score (nSPS) is 10.6. The van der Waals surface area contributed by atoms with Crippen molar-refractivity contribution in [3.63, 3.8) is 0 Å². The molecule has 0 bridgehead atoms. The third-order valence-electron chi connectivity index (χ3n) is 3.06. The quantitative estimate of drug-likeness (QED) is 0.756. The fourth-order valence-electron chi connectivity index (χ4n) is 2.05. The number of hydrogen-bond donors (Lipinski definition) is 1. The Hall–Kier alpha value is -2.06. The van der Waals surface area contributed by atoms with Gasteiger partial charge in [-0.1, -0.05) is 48.0 Å². The summed E-state index contributed by atoms with van der Waals surface area (Å²) in [6, 6.07) is 16.6. The molecule has 2 nitrogen and oxygen atoms in total. The Balaban J connectivity index is 1.80. The molecule has 2 aromatic carbocycles. The van der Waals surface area contributed by atoms with Gasteiger partial charge in [0.2, 0.25) is 0 Å². The maximum Gasteiger partial charge on any atom is 0.0718 e. The lowest BCUT2D eigenvalue weighted by atomic mass is 10.1. The van der Waals surface area contributed by atoms with Gasteiger partial charge in [-0.15, -0.1) is 0 Å². The molecule has 0 aliphatic rings. The van der Waals surface area contributed by atoms with E-state index in [-0.39, 0.29) is 0 Å². The predicted octanol–water partition coefficient (Wildman–Crippen LogP) is 4.50. The summed E-state index contributed by atoms with van der Waals surface area (Å²) in [6.45, 7) is 0.732. The molecule has 1 aromatic heterocycles. The second-order valence-corrected chi connectivity index (χ2v) is 4.80. The number of pyridine rings is 1. The molecule has 0 saturated carbocycles. The summed E-state index contributed by atoms with van der Waals surface area (Å²) in [4.78, 5) is 4.06. The summed E-state index contributed by atoms with van der Waals surface area (Å²) in [5, 5.41) is 6.49. The van der Waals surface area contributed by atoms with Crippen LogP contribution in [0.25, 0.3) is 10.8 Å². The van der Waals surface area contributed by atoms with E-state index in [1.54, 1.807) is 18.5 Å². The Kier molecular flexibility index (Phi) is 3.34. The number of fused-ring (bicyclic) bond motifs is 1. The van der Waals surface area contributed by atoms with Gasteiger partial charge < -0.3 is 5.32 Å². The van der Waals surface area contributed by atoms with Gasteiger partial charge in [0.1, 0.15) is 0 Å². The monoisotopic (exact) mass is 268 g/mol. The van der Waals surface area contributed by atoms with Crippen LogP contribution in [0.5, 0.6) is 0 Å². The van der Waals surface area contributed by atoms with E-state index in [0.717, 1.165) is 12.2 Å². The second-order valence-electron chi connectivity index (χ2n) is 4.39. The van der Waals surface area contributed by atoms with Crippen molar-refractivity contribution >= 4 is 28.1 Å². The number of halogens is 1. The summed E-state index contributed by atoms with van der Waals surface area (Å²) < 4.78 is 0. The third-order valence-corrected chi connectivity index (χ3v) is 3.39. The first kappa shape index (κ1) is 12.0. The van der Waals surface area contributed by atoms with Crippen LogP contribution in [0, 0.1) is 0 Å². The van der Waals surface area contributed by atoms with Crippen molar-refractivity contribution in [3.8, 4) is 0 Å². The Morgan fingerprint density at radius 3 is 2.68 bits per heavy atom. The zero-order valence-electron chi connectivity index (χ0n) is 10.3. The van der Waals surface area contributed by atoms with Gasteiger partial charge in [0, 0.05) is 12.7 Å². The number of rotatable bonds is 3. The van der Waals surface area contributed by atoms with E-state index in [2.05, 4.69) is 52.8 Å². The second kappa shape index (κ2) is 5.29. The van der Waals surface area contributed by atoms with Crippen molar-refractivity contribution < 1.29 is 0 Å². The molecular weight excluding hydrogens is 256 g/mol. The summed E-state index contributed by atoms with van der Waals surface area (Å²) in [5.74, 6) is 0. The first-order chi connectivity index (χ1) is 9.33. The highest BCUT2D eigenvalue weighted by Crippen LogP contribution is 2.21. The minimum atomic E-state index is 0.691. The highest BCUT2D eigenvalue weighted by Gasteiger charge is 2.00. The van der Waals surface area contributed by atoms with Crippen molar-refractivity contribution in [2.24, 2.45) is 0 Å². The molecule has 3 heteroatoms. The van der Waals surface area contributed by atoms with E-state index in [9.17, 15) is 0 Å². The van der Waals surface area contributed by atoms with Crippen molar-refractivity contribution in [3.05, 3.63) is 71.5 Å². The van der Waals surface area contributed by atoms with Crippen LogP contribution in [0.1, 0.15) is 5.56 Å². The average molecular weight is 269 g/mol. The molecule has 0 radical (unpaired) electrons. The van der Waals surface area contributed by atoms with Gasteiger partial charge in [-0.05, 0) is 28.5 Å². The lowest BCUT2D eigenvalue weighted by molar-refractivity contribution is 1.14. The van der Waals surface area contributed by atoms with Gasteiger partial charge in [0.25, 0.3) is 0 Å². The lowest BCUT2D eigenvalue weighted by Crippen LogP contribution is -2.00. The number of anilines is 1. The van der Waals surface area contributed by atoms with Gasteiger partial charge in [0.05, 0.1) is 16.9 Å². The van der Waals surface area contributed by atoms with Crippen LogP contribution in [0.2, 0.25) is 5.02 Å². The Bertz CT molecular complexity index is 710. The molecule has 19 heavy (non-hydrogen) atoms. The van der Waals surface area contributed by atoms with E-state index in [1.165, 1.54) is 16.3 Å². The van der Waals surface area contributed by atoms with Gasteiger partial charge >= 0.3 is 0 Å². The molecule has 0 saturated heterocycles. The van der Waals surface area contributed by atoms with Crippen LogP contribution >= 0.6 is 11.6 Å². The number of aromatic nitrogens is 1. The van der Waals surface area contributed by atoms with Crippen LogP contribution < -0.4 is 5.32 Å². The standard InChI is InChI=1S/C16H13ClN2/c17-15-7-8-18-11-16(15)19-10-12-5-6-13-3-1-2-4-14(13)9-12/h1-9,11,19H,10H2. The smallest absolute Gasteiger partial charge is 0.0718 e. The van der Waals surface area contributed by atoms with E-state index in [0.29, 0.717) is 5.02 Å². The van der Waals surface area contributed by atoms with E-state index < -0.39 is 0 Å². The molecule has 0 aliphatic heterocycles. The lowest BCUT2D eigenvalue weighted by Gasteiger charge is -2.08. The molecule has 94 valence electrons. The Labute approximate surface area is 117 Å². The SMILES string of the molecule is Clc1ccncc1NCc1ccc2ccccc2c1. The number of benzene rings is 2. The van der Waals surface area contributed by atoms with Crippen LogP contribution in [-0.2, 0) is 6.54 Å². The van der Waals surface area contributed by atoms with Gasteiger partial charge in [-0.2, -0.15) is 0 Å². The molecule has 3 aromatic rings. The van der Waals surface area contributed by atoms with Gasteiger partial charge in [0.15, 0.2) is 0 Å². The van der Waals surface area contributed by atoms with Crippen LogP contribution in [0.4, 0.5) is 5.69 Å². The summed E-state index contributed by atoms with van der Waals surface area (Å²) in [7, 11) is 0. The largest absolute Gasteiger partial charge is 0.379 e. The molecule has 1 heterocycles. The van der Waals surface area contributed by atoms with E-state index in [4.69, 9.17) is 11.6 Å². The summed E-state index contributed by atoms with van der Waals surface area (Å²) >= 11 is 6.08. The van der Waals surface area contributed by atoms with Gasteiger partial charge in [-0.25, -0.2) is 0 Å². The van der Waals surface area contributed by atoms with Crippen molar-refractivity contribution in [2.75, 3.05) is 5.32 Å². The van der Waals surface area contributed by atoms with E-state index >= 15 is 0 Å². The minimum Gasteiger partial charge on any atom is -0.379 e. The van der Waals surface area contributed by atoms with E-state index in [1.807, 2.05) is 0 Å². The number of nitrogens with zero attached hydrogens (tertiary/aromatic N) is 1. The van der Waals surface area contributed by atoms with Crippen molar-refractivity contribution in [2.45, 2.75) is 6.54 Å². The topological polar surface area (TPSA) is 24.9 Å². The van der Waals surface area contributed by atoms with Crippen LogP contribution in [0.15, 0.2) is 60.9 Å². The summed E-state index contributed by atoms with van der Waals surface area (Å²) in [6.07, 6.45) is 3.42. The molecule has 0 unspecified atom stereocenters. The molecule has 0 aliphatic carbocycles. The Morgan fingerprint density at radius 1 is 1.00 bits per heavy atom. The molecule has 0 fully saturated rings. The zero-order valence-corrected chi connectivity index (χ0v) is 11.1. The van der Waals surface area contributed by atoms with Crippen molar-refractivity contribution in [1.29, 1.82) is 0 Å². The zero-order chi connectivity index (χ0) is 13.1. The molecule has 0 amide bonds. The fraction of sp³-hybridized carbons (Fsp3) is 0.0625. The highest BCUT2D eigenvalue weighted by molar-refractivity contribution is 6.33. The fourth-order valence-corrected chi connectivity index (χ4v) is 2.23. The molecule has 0 atom stereocenters. The first-order valence-electron chi connectivity index (χ1n) is 6.14. The Morgan fingerprint density at radius 2 is 1.84 bits per heavy atom. The maximum atomic E-state index is 6.08. The third kappa shape index (κ3) is 2.69. The maximum absolute atomic E-state index is 6.08. The molecule has 1 N–H and O–H groups in total. The predicted molar refractivity (Wildman–Crippen MR) is 80.5 cm³/mol.